The fourth-order valence-corrected chi connectivity index (χ4v) is 3.12. The summed E-state index contributed by atoms with van der Waals surface area (Å²) in [6.45, 7) is 6.89. The molecule has 0 atom stereocenters. The van der Waals surface area contributed by atoms with E-state index in [4.69, 9.17) is 5.73 Å². The zero-order valence-corrected chi connectivity index (χ0v) is 15.1. The molecule has 0 spiro atoms. The second kappa shape index (κ2) is 6.21. The smallest absolute Gasteiger partial charge is 0.255 e. The van der Waals surface area contributed by atoms with Gasteiger partial charge in [-0.05, 0) is 42.9 Å². The molecule has 1 aliphatic rings. The summed E-state index contributed by atoms with van der Waals surface area (Å²) in [6, 6.07) is 5.46. The minimum Gasteiger partial charge on any atom is -0.396 e. The van der Waals surface area contributed by atoms with Crippen molar-refractivity contribution in [3.8, 4) is 11.8 Å². The van der Waals surface area contributed by atoms with Gasteiger partial charge in [0, 0.05) is 31.0 Å². The molecule has 0 saturated carbocycles. The van der Waals surface area contributed by atoms with Crippen molar-refractivity contribution in [2.24, 2.45) is 5.41 Å². The molecule has 128 valence electrons. The van der Waals surface area contributed by atoms with Gasteiger partial charge in [0.2, 0.25) is 0 Å². The summed E-state index contributed by atoms with van der Waals surface area (Å²) in [7, 11) is 1.83. The first kappa shape index (κ1) is 17.0. The van der Waals surface area contributed by atoms with E-state index >= 15 is 0 Å². The molecule has 25 heavy (non-hydrogen) atoms. The topological polar surface area (TPSA) is 72.1 Å². The molecule has 1 amide bonds. The Balaban J connectivity index is 2.00. The van der Waals surface area contributed by atoms with Gasteiger partial charge in [-0.25, -0.2) is 4.98 Å². The second-order valence-corrected chi connectivity index (χ2v) is 7.36. The van der Waals surface area contributed by atoms with Gasteiger partial charge >= 0.3 is 0 Å². The lowest BCUT2D eigenvalue weighted by Gasteiger charge is -2.26. The Labute approximate surface area is 148 Å². The number of carbonyl (C=O) groups is 1. The lowest BCUT2D eigenvalue weighted by atomic mass is 9.87. The third-order valence-corrected chi connectivity index (χ3v) is 4.25. The fourth-order valence-electron chi connectivity index (χ4n) is 3.12. The van der Waals surface area contributed by atoms with Gasteiger partial charge in [-0.2, -0.15) is 0 Å². The van der Waals surface area contributed by atoms with Gasteiger partial charge < -0.3 is 10.6 Å². The molecule has 2 aromatic rings. The molecule has 0 radical (unpaired) electrons. The van der Waals surface area contributed by atoms with Crippen molar-refractivity contribution in [2.45, 2.75) is 27.2 Å². The van der Waals surface area contributed by atoms with Gasteiger partial charge in [0.15, 0.2) is 0 Å². The molecule has 5 heteroatoms. The quantitative estimate of drug-likeness (QED) is 0.751. The van der Waals surface area contributed by atoms with Crippen LogP contribution in [-0.4, -0.2) is 34.4 Å². The number of rotatable bonds is 0. The number of aromatic nitrogens is 2. The number of nitrogens with two attached hydrogens (primary N) is 1. The van der Waals surface area contributed by atoms with Gasteiger partial charge in [-0.1, -0.05) is 19.8 Å². The lowest BCUT2D eigenvalue weighted by molar-refractivity contribution is 0.0754. The van der Waals surface area contributed by atoms with Crippen molar-refractivity contribution in [2.75, 3.05) is 19.3 Å². The van der Waals surface area contributed by atoms with Crippen LogP contribution < -0.4 is 5.73 Å². The predicted molar refractivity (Wildman–Crippen MR) is 98.0 cm³/mol. The highest BCUT2D eigenvalue weighted by Gasteiger charge is 2.31. The summed E-state index contributed by atoms with van der Waals surface area (Å²) in [5, 5.41) is 0. The highest BCUT2D eigenvalue weighted by Crippen LogP contribution is 2.28. The summed E-state index contributed by atoms with van der Waals surface area (Å²) < 4.78 is 0. The molecule has 0 aromatic carbocycles. The molecule has 5 nitrogen and oxygen atoms in total. The number of nitrogens with zero attached hydrogens (tertiary/aromatic N) is 3. The van der Waals surface area contributed by atoms with Crippen molar-refractivity contribution in [1.29, 1.82) is 0 Å². The second-order valence-electron chi connectivity index (χ2n) is 7.36. The summed E-state index contributed by atoms with van der Waals surface area (Å²) in [4.78, 5) is 23.3. The van der Waals surface area contributed by atoms with Gasteiger partial charge in [-0.3, -0.25) is 9.78 Å². The Bertz CT molecular complexity index is 906. The van der Waals surface area contributed by atoms with E-state index in [2.05, 4.69) is 35.7 Å². The monoisotopic (exact) mass is 334 g/mol. The molecule has 0 unspecified atom stereocenters. The molecule has 2 N–H and O–H groups in total. The van der Waals surface area contributed by atoms with E-state index in [0.29, 0.717) is 29.1 Å². The lowest BCUT2D eigenvalue weighted by Crippen LogP contribution is -2.33. The molecule has 2 aromatic heterocycles. The molecule has 0 saturated heterocycles. The van der Waals surface area contributed by atoms with E-state index in [9.17, 15) is 4.79 Å². The zero-order chi connectivity index (χ0) is 18.2. The molecule has 3 heterocycles. The third-order valence-electron chi connectivity index (χ3n) is 4.25. The van der Waals surface area contributed by atoms with E-state index in [-0.39, 0.29) is 11.3 Å². The van der Waals surface area contributed by atoms with E-state index in [1.165, 1.54) is 0 Å². The number of carbonyl (C=O) groups excluding carboxylic acids is 1. The SMILES string of the molecule is Cc1ccc(N)c(C#Cc2cnc3c(c2)C(=O)N(C)CC(C)(C)C3)n1. The Kier molecular flexibility index (Phi) is 4.22. The number of fused-ring (bicyclic) bond motifs is 1. The summed E-state index contributed by atoms with van der Waals surface area (Å²) >= 11 is 0. The molecule has 0 bridgehead atoms. The molecule has 0 fully saturated rings. The van der Waals surface area contributed by atoms with Crippen LogP contribution in [0.2, 0.25) is 0 Å². The largest absolute Gasteiger partial charge is 0.396 e. The van der Waals surface area contributed by atoms with Crippen molar-refractivity contribution >= 4 is 11.6 Å². The Morgan fingerprint density at radius 2 is 2.04 bits per heavy atom. The molecule has 0 aliphatic carbocycles. The Hall–Kier alpha value is -2.87. The number of hydrogen-bond acceptors (Lipinski definition) is 4. The van der Waals surface area contributed by atoms with Crippen LogP contribution in [0, 0.1) is 24.2 Å². The number of anilines is 1. The number of nitrogen functional groups attached to an aromatic ring is 1. The summed E-state index contributed by atoms with van der Waals surface area (Å²) in [5.74, 6) is 6.00. The van der Waals surface area contributed by atoms with Crippen LogP contribution in [0.5, 0.6) is 0 Å². The first-order valence-corrected chi connectivity index (χ1v) is 8.25. The zero-order valence-electron chi connectivity index (χ0n) is 15.1. The number of aryl methyl sites for hydroxylation is 1. The van der Waals surface area contributed by atoms with E-state index in [1.54, 1.807) is 17.2 Å². The van der Waals surface area contributed by atoms with Crippen molar-refractivity contribution in [3.05, 3.63) is 52.6 Å². The normalized spacial score (nSPS) is 15.8. The van der Waals surface area contributed by atoms with Crippen LogP contribution in [0.3, 0.4) is 0 Å². The molecular formula is C20H22N4O. The minimum atomic E-state index is -0.00933. The van der Waals surface area contributed by atoms with Gasteiger partial charge in [0.25, 0.3) is 5.91 Å². The van der Waals surface area contributed by atoms with Crippen molar-refractivity contribution in [3.63, 3.8) is 0 Å². The maximum absolute atomic E-state index is 12.7. The van der Waals surface area contributed by atoms with Gasteiger partial charge in [-0.15, -0.1) is 0 Å². The summed E-state index contributed by atoms with van der Waals surface area (Å²) in [6.07, 6.45) is 2.48. The Morgan fingerprint density at radius 3 is 2.80 bits per heavy atom. The average Bonchev–Trinajstić information content (AvgIpc) is 2.63. The van der Waals surface area contributed by atoms with E-state index in [1.807, 2.05) is 26.1 Å². The average molecular weight is 334 g/mol. The first-order valence-electron chi connectivity index (χ1n) is 8.25. The maximum Gasteiger partial charge on any atom is 0.255 e. The van der Waals surface area contributed by atoms with Crippen LogP contribution in [0.25, 0.3) is 0 Å². The van der Waals surface area contributed by atoms with Crippen LogP contribution in [-0.2, 0) is 6.42 Å². The fraction of sp³-hybridized carbons (Fsp3) is 0.350. The minimum absolute atomic E-state index is 0.00418. The standard InChI is InChI=1S/C20H22N4O/c1-13-5-7-16(21)17(23-13)8-6-14-9-15-18(22-11-14)10-20(2,3)12-24(4)19(15)25/h5,7,9,11H,10,12,21H2,1-4H3. The third kappa shape index (κ3) is 3.63. The number of amides is 1. The molecule has 1 aliphatic heterocycles. The van der Waals surface area contributed by atoms with Crippen molar-refractivity contribution < 1.29 is 4.79 Å². The highest BCUT2D eigenvalue weighted by molar-refractivity contribution is 5.96. The van der Waals surface area contributed by atoms with Crippen LogP contribution in [0.4, 0.5) is 5.69 Å². The van der Waals surface area contributed by atoms with Crippen molar-refractivity contribution in [1.82, 2.24) is 14.9 Å². The first-order chi connectivity index (χ1) is 11.7. The van der Waals surface area contributed by atoms with E-state index < -0.39 is 0 Å². The maximum atomic E-state index is 12.7. The number of pyridine rings is 2. The van der Waals surface area contributed by atoms with Crippen LogP contribution in [0.1, 0.15) is 46.9 Å². The van der Waals surface area contributed by atoms with Crippen LogP contribution >= 0.6 is 0 Å². The molecular weight excluding hydrogens is 312 g/mol. The highest BCUT2D eigenvalue weighted by atomic mass is 16.2. The Morgan fingerprint density at radius 1 is 1.28 bits per heavy atom. The van der Waals surface area contributed by atoms with Gasteiger partial charge in [0.05, 0.1) is 16.9 Å². The van der Waals surface area contributed by atoms with E-state index in [0.717, 1.165) is 17.8 Å². The molecule has 3 rings (SSSR count). The predicted octanol–water partition coefficient (Wildman–Crippen LogP) is 2.42. The number of hydrogen-bond donors (Lipinski definition) is 1. The summed E-state index contributed by atoms with van der Waals surface area (Å²) in [5.41, 5.74) is 9.99. The van der Waals surface area contributed by atoms with Crippen LogP contribution in [0.15, 0.2) is 24.4 Å². The van der Waals surface area contributed by atoms with Gasteiger partial charge in [0.1, 0.15) is 5.69 Å².